The van der Waals surface area contributed by atoms with E-state index in [1.807, 2.05) is 78.9 Å². The number of phenols is 1. The minimum atomic E-state index is -3.59. The first-order valence-electron chi connectivity index (χ1n) is 12.7. The van der Waals surface area contributed by atoms with Crippen molar-refractivity contribution in [1.29, 1.82) is 0 Å². The molecule has 3 atom stereocenters. The summed E-state index contributed by atoms with van der Waals surface area (Å²) in [6.45, 7) is 1.67. The summed E-state index contributed by atoms with van der Waals surface area (Å²) >= 11 is 0. The lowest BCUT2D eigenvalue weighted by molar-refractivity contribution is 0.240. The molecule has 0 fully saturated rings. The average Bonchev–Trinajstić information content (AvgIpc) is 2.98. The van der Waals surface area contributed by atoms with Crippen molar-refractivity contribution in [2.45, 2.75) is 5.85 Å². The quantitative estimate of drug-likeness (QED) is 0.217. The van der Waals surface area contributed by atoms with Crippen molar-refractivity contribution in [2.24, 2.45) is 0 Å². The molecule has 0 spiro atoms. The number of hydrogen-bond donors (Lipinski definition) is 2. The lowest BCUT2D eigenvalue weighted by Crippen LogP contribution is -2.22. The molecule has 0 radical (unpaired) electrons. The molecule has 7 rings (SSSR count). The van der Waals surface area contributed by atoms with Crippen LogP contribution in [0.3, 0.4) is 0 Å². The summed E-state index contributed by atoms with van der Waals surface area (Å²) < 4.78 is 37.5. The predicted octanol–water partition coefficient (Wildman–Crippen LogP) is 7.33. The summed E-state index contributed by atoms with van der Waals surface area (Å²) in [6.07, 6.45) is 0. The molecule has 2 N–H and O–H groups in total. The molecule has 0 saturated carbocycles. The molecule has 5 aromatic carbocycles. The summed E-state index contributed by atoms with van der Waals surface area (Å²) in [5, 5.41) is 21.5. The van der Waals surface area contributed by atoms with Crippen LogP contribution in [0.2, 0.25) is 0 Å². The van der Waals surface area contributed by atoms with Gasteiger partial charge in [0.05, 0.1) is 10.6 Å². The van der Waals surface area contributed by atoms with Crippen LogP contribution >= 0.6 is 14.7 Å². The maximum Gasteiger partial charge on any atom is 0.310 e. The van der Waals surface area contributed by atoms with E-state index in [2.05, 4.69) is 0 Å². The number of aliphatic hydroxyl groups excluding tert-OH is 1. The van der Waals surface area contributed by atoms with Crippen molar-refractivity contribution >= 4 is 25.3 Å². The third-order valence-electron chi connectivity index (χ3n) is 6.96. The van der Waals surface area contributed by atoms with Crippen molar-refractivity contribution in [3.63, 3.8) is 0 Å². The summed E-state index contributed by atoms with van der Waals surface area (Å²) in [6, 6.07) is 36.1. The number of aromatic hydroxyl groups is 1. The van der Waals surface area contributed by atoms with E-state index in [9.17, 15) is 19.3 Å². The smallest absolute Gasteiger partial charge is 0.310 e. The third-order valence-corrected chi connectivity index (χ3v) is 11.2. The SMILES string of the molecule is CP1(=O)Oc2ccccc2-c2ccccc21.O=P1(C(O)c2ccc(O)cc2)Oc2ccccc2-c2ccccc21. The van der Waals surface area contributed by atoms with Crippen LogP contribution in [0.25, 0.3) is 22.3 Å². The van der Waals surface area contributed by atoms with Gasteiger partial charge in [-0.1, -0.05) is 84.9 Å². The molecule has 200 valence electrons. The molecule has 40 heavy (non-hydrogen) atoms. The Morgan fingerprint density at radius 1 is 0.575 bits per heavy atom. The first-order chi connectivity index (χ1) is 19.3. The van der Waals surface area contributed by atoms with E-state index in [0.717, 1.165) is 27.6 Å². The summed E-state index contributed by atoms with van der Waals surface area (Å²) in [7, 11) is -6.30. The summed E-state index contributed by atoms with van der Waals surface area (Å²) in [5.41, 5.74) is 4.14. The fraction of sp³-hybridized carbons (Fsp3) is 0.0625. The largest absolute Gasteiger partial charge is 0.508 e. The topological polar surface area (TPSA) is 93.1 Å². The van der Waals surface area contributed by atoms with Gasteiger partial charge in [-0.2, -0.15) is 0 Å². The van der Waals surface area contributed by atoms with Crippen LogP contribution in [0.15, 0.2) is 121 Å². The molecular weight excluding hydrogens is 542 g/mol. The molecule has 5 aromatic rings. The number of fused-ring (bicyclic) bond motifs is 6. The van der Waals surface area contributed by atoms with Crippen molar-refractivity contribution < 1.29 is 28.4 Å². The Balaban J connectivity index is 0.000000157. The first-order valence-corrected chi connectivity index (χ1v) is 16.5. The highest BCUT2D eigenvalue weighted by atomic mass is 31.2. The molecule has 0 bridgehead atoms. The van der Waals surface area contributed by atoms with Crippen molar-refractivity contribution in [2.75, 3.05) is 6.66 Å². The molecular formula is C32H26O6P2. The van der Waals surface area contributed by atoms with E-state index in [0.29, 0.717) is 22.4 Å². The highest BCUT2D eigenvalue weighted by molar-refractivity contribution is 7.68. The van der Waals surface area contributed by atoms with E-state index < -0.39 is 20.6 Å². The van der Waals surface area contributed by atoms with Gasteiger partial charge in [0.1, 0.15) is 17.2 Å². The minimum absolute atomic E-state index is 0.0829. The van der Waals surface area contributed by atoms with Gasteiger partial charge in [0.25, 0.3) is 7.37 Å². The van der Waals surface area contributed by atoms with Crippen LogP contribution in [-0.2, 0) is 9.13 Å². The Morgan fingerprint density at radius 3 is 1.62 bits per heavy atom. The van der Waals surface area contributed by atoms with Gasteiger partial charge in [0.15, 0.2) is 5.85 Å². The molecule has 2 aliphatic heterocycles. The van der Waals surface area contributed by atoms with E-state index in [-0.39, 0.29) is 5.75 Å². The second kappa shape index (κ2) is 10.1. The number of benzene rings is 5. The lowest BCUT2D eigenvalue weighted by Gasteiger charge is -2.31. The van der Waals surface area contributed by atoms with Crippen LogP contribution in [0.5, 0.6) is 17.2 Å². The number of rotatable bonds is 2. The van der Waals surface area contributed by atoms with E-state index in [1.165, 1.54) is 12.1 Å². The Hall–Kier alpha value is -4.08. The molecule has 6 nitrogen and oxygen atoms in total. The zero-order chi connectivity index (χ0) is 27.9. The van der Waals surface area contributed by atoms with Crippen molar-refractivity contribution in [3.05, 3.63) is 127 Å². The minimum Gasteiger partial charge on any atom is -0.508 e. The van der Waals surface area contributed by atoms with Gasteiger partial charge in [-0.25, -0.2) is 0 Å². The molecule has 3 unspecified atom stereocenters. The van der Waals surface area contributed by atoms with Gasteiger partial charge in [0, 0.05) is 17.8 Å². The monoisotopic (exact) mass is 568 g/mol. The van der Waals surface area contributed by atoms with E-state index in [1.54, 1.807) is 37.0 Å². The second-order valence-electron chi connectivity index (χ2n) is 9.62. The number of hydrogen-bond acceptors (Lipinski definition) is 6. The summed E-state index contributed by atoms with van der Waals surface area (Å²) in [4.78, 5) is 0. The summed E-state index contributed by atoms with van der Waals surface area (Å²) in [5.74, 6) is -0.0171. The fourth-order valence-electron chi connectivity index (χ4n) is 5.02. The molecule has 2 aliphatic rings. The molecule has 0 saturated heterocycles. The van der Waals surface area contributed by atoms with Gasteiger partial charge in [0.2, 0.25) is 0 Å². The van der Waals surface area contributed by atoms with Gasteiger partial charge in [-0.05, 0) is 53.1 Å². The maximum atomic E-state index is 13.7. The Morgan fingerprint density at radius 2 is 1.02 bits per heavy atom. The van der Waals surface area contributed by atoms with Gasteiger partial charge >= 0.3 is 7.37 Å². The average molecular weight is 569 g/mol. The fourth-order valence-corrected chi connectivity index (χ4v) is 8.95. The Labute approximate surface area is 232 Å². The molecule has 0 aliphatic carbocycles. The third kappa shape index (κ3) is 4.55. The first kappa shape index (κ1) is 26.2. The van der Waals surface area contributed by atoms with Crippen molar-refractivity contribution in [1.82, 2.24) is 0 Å². The van der Waals surface area contributed by atoms with Gasteiger partial charge in [-0.3, -0.25) is 9.13 Å². The Bertz CT molecular complexity index is 1810. The zero-order valence-corrected chi connectivity index (χ0v) is 23.3. The highest BCUT2D eigenvalue weighted by Crippen LogP contribution is 2.62. The predicted molar refractivity (Wildman–Crippen MR) is 158 cm³/mol. The molecule has 8 heteroatoms. The van der Waals surface area contributed by atoms with Gasteiger partial charge < -0.3 is 19.3 Å². The van der Waals surface area contributed by atoms with Crippen LogP contribution in [-0.4, -0.2) is 16.9 Å². The van der Waals surface area contributed by atoms with Crippen LogP contribution in [0.1, 0.15) is 11.4 Å². The number of para-hydroxylation sites is 2. The normalized spacial score (nSPS) is 20.6. The van der Waals surface area contributed by atoms with Crippen LogP contribution < -0.4 is 19.7 Å². The van der Waals surface area contributed by atoms with Crippen LogP contribution in [0.4, 0.5) is 0 Å². The highest BCUT2D eigenvalue weighted by Gasteiger charge is 2.43. The number of phenolic OH excluding ortho intramolecular Hbond substituents is 1. The standard InChI is InChI=1S/C19H15O4P.C13H11O2P/c20-14-11-9-13(10-12-14)19(21)24(22)18-8-4-2-6-16(18)15-5-1-3-7-17(15)23-24;1-16(14)13-9-5-3-7-11(13)10-6-2-4-8-12(10)15-16/h1-12,19-21H;2-9H,1H3. The second-order valence-corrected chi connectivity index (χ2v) is 14.3. The zero-order valence-electron chi connectivity index (χ0n) is 21.5. The lowest BCUT2D eigenvalue weighted by atomic mass is 10.0. The van der Waals surface area contributed by atoms with Gasteiger partial charge in [-0.15, -0.1) is 0 Å². The molecule has 0 aromatic heterocycles. The maximum absolute atomic E-state index is 13.7. The number of aliphatic hydroxyl groups is 1. The van der Waals surface area contributed by atoms with Crippen LogP contribution in [0, 0.1) is 0 Å². The molecule has 2 heterocycles. The van der Waals surface area contributed by atoms with E-state index in [4.69, 9.17) is 9.05 Å². The molecule has 0 amide bonds. The van der Waals surface area contributed by atoms with Crippen molar-refractivity contribution in [3.8, 4) is 39.5 Å². The Kier molecular flexibility index (Phi) is 6.64. The van der Waals surface area contributed by atoms with E-state index >= 15 is 0 Å².